The van der Waals surface area contributed by atoms with Gasteiger partial charge in [-0.15, -0.1) is 0 Å². The van der Waals surface area contributed by atoms with E-state index < -0.39 is 0 Å². The lowest BCUT2D eigenvalue weighted by molar-refractivity contribution is 0.475. The maximum absolute atomic E-state index is 12.3. The number of hydrogen-bond acceptors (Lipinski definition) is 3. The van der Waals surface area contributed by atoms with E-state index in [0.29, 0.717) is 11.1 Å². The topological polar surface area (TPSA) is 79.1 Å². The summed E-state index contributed by atoms with van der Waals surface area (Å²) in [5, 5.41) is 12.6. The number of nitrogen functional groups attached to an aromatic ring is 1. The molecule has 0 aliphatic heterocycles. The molecule has 3 aromatic carbocycles. The molecule has 4 N–H and O–H groups in total. The van der Waals surface area contributed by atoms with Gasteiger partial charge >= 0.3 is 0 Å². The molecule has 0 saturated heterocycles. The zero-order valence-corrected chi connectivity index (χ0v) is 12.2. The average molecular weight is 302 g/mol. The molecule has 0 unspecified atom stereocenters. The Kier molecular flexibility index (Phi) is 2.84. The van der Waals surface area contributed by atoms with Crippen molar-refractivity contribution in [3.8, 4) is 16.9 Å². The van der Waals surface area contributed by atoms with Crippen LogP contribution in [0.1, 0.15) is 0 Å². The molecule has 0 bridgehead atoms. The highest BCUT2D eigenvalue weighted by Crippen LogP contribution is 2.35. The van der Waals surface area contributed by atoms with Gasteiger partial charge in [0.2, 0.25) is 0 Å². The van der Waals surface area contributed by atoms with E-state index in [-0.39, 0.29) is 17.0 Å². The fourth-order valence-electron chi connectivity index (χ4n) is 3.03. The molecule has 1 aromatic heterocycles. The van der Waals surface area contributed by atoms with Crippen molar-refractivity contribution in [3.05, 3.63) is 71.0 Å². The number of nitrogens with one attached hydrogen (secondary N) is 1. The summed E-state index contributed by atoms with van der Waals surface area (Å²) >= 11 is 0. The molecule has 0 aliphatic rings. The minimum atomic E-state index is -0.327. The van der Waals surface area contributed by atoms with E-state index in [1.807, 2.05) is 42.5 Å². The van der Waals surface area contributed by atoms with Gasteiger partial charge in [0.15, 0.2) is 0 Å². The van der Waals surface area contributed by atoms with E-state index in [9.17, 15) is 9.90 Å². The van der Waals surface area contributed by atoms with Gasteiger partial charge in [-0.1, -0.05) is 48.5 Å². The van der Waals surface area contributed by atoms with Crippen LogP contribution < -0.4 is 11.3 Å². The van der Waals surface area contributed by atoms with Gasteiger partial charge in [0.05, 0.1) is 5.52 Å². The molecule has 0 atom stereocenters. The van der Waals surface area contributed by atoms with E-state index in [2.05, 4.69) is 4.98 Å². The number of pyridine rings is 1. The fraction of sp³-hybridized carbons (Fsp3) is 0. The molecule has 0 amide bonds. The summed E-state index contributed by atoms with van der Waals surface area (Å²) in [5.41, 5.74) is 7.99. The number of aromatic hydroxyl groups is 1. The Morgan fingerprint density at radius 3 is 2.57 bits per heavy atom. The molecule has 0 spiro atoms. The smallest absolute Gasteiger partial charge is 0.272 e. The molecule has 4 heteroatoms. The number of benzene rings is 3. The third-order valence-corrected chi connectivity index (χ3v) is 4.09. The molecule has 0 radical (unpaired) electrons. The van der Waals surface area contributed by atoms with Gasteiger partial charge in [0, 0.05) is 16.3 Å². The molecular weight excluding hydrogens is 288 g/mol. The van der Waals surface area contributed by atoms with Crippen LogP contribution in [0.4, 0.5) is 5.69 Å². The minimum absolute atomic E-state index is 0.135. The third kappa shape index (κ3) is 2.04. The summed E-state index contributed by atoms with van der Waals surface area (Å²) < 4.78 is 0. The highest BCUT2D eigenvalue weighted by atomic mass is 16.3. The first kappa shape index (κ1) is 13.4. The second-order valence-corrected chi connectivity index (χ2v) is 5.50. The van der Waals surface area contributed by atoms with Crippen LogP contribution in [0, 0.1) is 0 Å². The minimum Gasteiger partial charge on any atom is -0.508 e. The number of rotatable bonds is 1. The lowest BCUT2D eigenvalue weighted by Crippen LogP contribution is -2.13. The van der Waals surface area contributed by atoms with Crippen LogP contribution in [0.3, 0.4) is 0 Å². The lowest BCUT2D eigenvalue weighted by Gasteiger charge is -2.12. The summed E-state index contributed by atoms with van der Waals surface area (Å²) in [4.78, 5) is 15.2. The van der Waals surface area contributed by atoms with Crippen LogP contribution in [0.25, 0.3) is 32.8 Å². The standard InChI is InChI=1S/C19H14N2O2/c20-17-16(12-5-3-6-13(22)10-12)15-9-8-11-4-1-2-7-14(11)18(15)21-19(17)23/h1-10,22H,20H2,(H,21,23). The molecular formula is C19H14N2O2. The molecule has 0 saturated carbocycles. The predicted molar refractivity (Wildman–Crippen MR) is 93.6 cm³/mol. The summed E-state index contributed by atoms with van der Waals surface area (Å²) in [6.45, 7) is 0. The van der Waals surface area contributed by atoms with E-state index in [1.165, 1.54) is 0 Å². The Bertz CT molecular complexity index is 1110. The number of hydrogen-bond donors (Lipinski definition) is 3. The summed E-state index contributed by atoms with van der Waals surface area (Å²) in [7, 11) is 0. The first-order chi connectivity index (χ1) is 11.1. The van der Waals surface area contributed by atoms with Crippen LogP contribution in [0.5, 0.6) is 5.75 Å². The zero-order valence-electron chi connectivity index (χ0n) is 12.2. The van der Waals surface area contributed by atoms with Crippen LogP contribution in [-0.4, -0.2) is 10.1 Å². The van der Waals surface area contributed by atoms with Crippen molar-refractivity contribution in [2.24, 2.45) is 0 Å². The zero-order chi connectivity index (χ0) is 16.0. The Labute approximate surface area is 131 Å². The quantitative estimate of drug-likeness (QED) is 0.470. The molecule has 4 rings (SSSR count). The van der Waals surface area contributed by atoms with Crippen molar-refractivity contribution in [2.45, 2.75) is 0 Å². The number of nitrogens with two attached hydrogens (primary N) is 1. The number of aromatic nitrogens is 1. The highest BCUT2D eigenvalue weighted by Gasteiger charge is 2.14. The molecule has 0 fully saturated rings. The van der Waals surface area contributed by atoms with E-state index in [4.69, 9.17) is 5.73 Å². The molecule has 23 heavy (non-hydrogen) atoms. The Morgan fingerprint density at radius 2 is 1.74 bits per heavy atom. The van der Waals surface area contributed by atoms with E-state index in [0.717, 1.165) is 21.7 Å². The number of H-pyrrole nitrogens is 1. The largest absolute Gasteiger partial charge is 0.508 e. The van der Waals surface area contributed by atoms with Crippen molar-refractivity contribution in [1.29, 1.82) is 0 Å². The van der Waals surface area contributed by atoms with Crippen LogP contribution in [-0.2, 0) is 0 Å². The van der Waals surface area contributed by atoms with Gasteiger partial charge in [-0.2, -0.15) is 0 Å². The van der Waals surface area contributed by atoms with Gasteiger partial charge in [-0.05, 0) is 23.1 Å². The van der Waals surface area contributed by atoms with Crippen LogP contribution >= 0.6 is 0 Å². The van der Waals surface area contributed by atoms with Gasteiger partial charge in [0.25, 0.3) is 5.56 Å². The van der Waals surface area contributed by atoms with Gasteiger partial charge in [-0.3, -0.25) is 4.79 Å². The number of phenolic OH excluding ortho intramolecular Hbond substituents is 1. The van der Waals surface area contributed by atoms with Crippen LogP contribution in [0.2, 0.25) is 0 Å². The first-order valence-corrected chi connectivity index (χ1v) is 7.28. The van der Waals surface area contributed by atoms with Gasteiger partial charge in [0.1, 0.15) is 11.4 Å². The van der Waals surface area contributed by atoms with Crippen molar-refractivity contribution in [1.82, 2.24) is 4.98 Å². The molecule has 4 nitrogen and oxygen atoms in total. The number of aromatic amines is 1. The SMILES string of the molecule is Nc1c(-c2cccc(O)c2)c2ccc3ccccc3c2[nH]c1=O. The van der Waals surface area contributed by atoms with E-state index >= 15 is 0 Å². The molecule has 0 aliphatic carbocycles. The average Bonchev–Trinajstić information content (AvgIpc) is 2.56. The Hall–Kier alpha value is -3.27. The first-order valence-electron chi connectivity index (χ1n) is 7.28. The summed E-state index contributed by atoms with van der Waals surface area (Å²) in [6, 6.07) is 18.6. The number of phenols is 1. The van der Waals surface area contributed by atoms with E-state index in [1.54, 1.807) is 18.2 Å². The molecule has 1 heterocycles. The maximum Gasteiger partial charge on any atom is 0.272 e. The second-order valence-electron chi connectivity index (χ2n) is 5.50. The van der Waals surface area contributed by atoms with Gasteiger partial charge in [-0.25, -0.2) is 0 Å². The normalized spacial score (nSPS) is 11.1. The third-order valence-electron chi connectivity index (χ3n) is 4.09. The summed E-state index contributed by atoms with van der Waals surface area (Å²) in [6.07, 6.45) is 0. The van der Waals surface area contributed by atoms with Crippen molar-refractivity contribution >= 4 is 27.4 Å². The molecule has 4 aromatic rings. The Morgan fingerprint density at radius 1 is 0.913 bits per heavy atom. The maximum atomic E-state index is 12.3. The lowest BCUT2D eigenvalue weighted by atomic mass is 9.96. The monoisotopic (exact) mass is 302 g/mol. The van der Waals surface area contributed by atoms with Crippen molar-refractivity contribution < 1.29 is 5.11 Å². The highest BCUT2D eigenvalue weighted by molar-refractivity contribution is 6.12. The predicted octanol–water partition coefficient (Wildman–Crippen LogP) is 3.64. The van der Waals surface area contributed by atoms with Gasteiger partial charge < -0.3 is 15.8 Å². The van der Waals surface area contributed by atoms with Crippen molar-refractivity contribution in [2.75, 3.05) is 5.73 Å². The number of anilines is 1. The summed E-state index contributed by atoms with van der Waals surface area (Å²) in [5.74, 6) is 0.135. The second kappa shape index (κ2) is 4.88. The fourth-order valence-corrected chi connectivity index (χ4v) is 3.03. The Balaban J connectivity index is 2.21. The number of fused-ring (bicyclic) bond motifs is 3. The van der Waals surface area contributed by atoms with Crippen LogP contribution in [0.15, 0.2) is 65.5 Å². The van der Waals surface area contributed by atoms with Crippen molar-refractivity contribution in [3.63, 3.8) is 0 Å². The molecule has 112 valence electrons.